The Kier molecular flexibility index (Phi) is 5.51. The van der Waals surface area contributed by atoms with E-state index in [1.807, 2.05) is 30.5 Å². The molecule has 204 valence electrons. The standard InChI is InChI=1S/C38H27N5/c1-38(43-35-14-5-3-11-31(35)33-19-26(24-40)15-16-36(33)43)21-28(27-9-6-8-25(18-27)23-39)20-29(22-38)42-34-13-4-2-10-30(34)32-12-7-17-41-37(32)42/h2-14,17-21H,15-16,22H2,1H3. The molecule has 3 heterocycles. The molecule has 0 radical (unpaired) electrons. The molecule has 2 aliphatic rings. The predicted molar refractivity (Wildman–Crippen MR) is 173 cm³/mol. The van der Waals surface area contributed by atoms with E-state index >= 15 is 0 Å². The van der Waals surface area contributed by atoms with E-state index in [0.29, 0.717) is 5.56 Å². The zero-order valence-corrected chi connectivity index (χ0v) is 23.7. The Morgan fingerprint density at radius 2 is 1.58 bits per heavy atom. The molecule has 1 atom stereocenters. The van der Waals surface area contributed by atoms with Gasteiger partial charge in [-0.3, -0.25) is 4.57 Å². The summed E-state index contributed by atoms with van der Waals surface area (Å²) in [6, 6.07) is 33.8. The first-order valence-corrected chi connectivity index (χ1v) is 14.6. The first-order valence-electron chi connectivity index (χ1n) is 14.6. The molecule has 1 unspecified atom stereocenters. The molecule has 0 spiro atoms. The van der Waals surface area contributed by atoms with Gasteiger partial charge in [0.05, 0.1) is 28.8 Å². The highest BCUT2D eigenvalue weighted by Crippen LogP contribution is 2.46. The fourth-order valence-electron chi connectivity index (χ4n) is 7.23. The number of nitrogens with zero attached hydrogens (tertiary/aromatic N) is 5. The van der Waals surface area contributed by atoms with Crippen molar-refractivity contribution in [2.75, 3.05) is 0 Å². The summed E-state index contributed by atoms with van der Waals surface area (Å²) >= 11 is 0. The van der Waals surface area contributed by atoms with Gasteiger partial charge in [0.1, 0.15) is 5.65 Å². The number of benzene rings is 3. The van der Waals surface area contributed by atoms with E-state index in [1.54, 1.807) is 0 Å². The Balaban J connectivity index is 1.43. The third-order valence-corrected chi connectivity index (χ3v) is 8.99. The molecule has 2 aliphatic carbocycles. The minimum atomic E-state index is -0.445. The largest absolute Gasteiger partial charge is 0.334 e. The smallest absolute Gasteiger partial charge is 0.145 e. The van der Waals surface area contributed by atoms with E-state index in [1.165, 1.54) is 16.5 Å². The van der Waals surface area contributed by atoms with Gasteiger partial charge >= 0.3 is 0 Å². The second-order valence-electron chi connectivity index (χ2n) is 11.7. The number of pyridine rings is 1. The Labute approximate surface area is 249 Å². The lowest BCUT2D eigenvalue weighted by Gasteiger charge is -2.37. The monoisotopic (exact) mass is 553 g/mol. The van der Waals surface area contributed by atoms with Crippen molar-refractivity contribution in [2.45, 2.75) is 31.7 Å². The summed E-state index contributed by atoms with van der Waals surface area (Å²) in [5.41, 5.74) is 9.86. The zero-order valence-electron chi connectivity index (χ0n) is 23.7. The highest BCUT2D eigenvalue weighted by molar-refractivity contribution is 6.09. The van der Waals surface area contributed by atoms with Crippen LogP contribution in [0.5, 0.6) is 0 Å². The fraction of sp³-hybridized carbons (Fsp3) is 0.132. The van der Waals surface area contributed by atoms with E-state index in [-0.39, 0.29) is 0 Å². The summed E-state index contributed by atoms with van der Waals surface area (Å²) in [5, 5.41) is 22.9. The van der Waals surface area contributed by atoms with Crippen LogP contribution >= 0.6 is 0 Å². The highest BCUT2D eigenvalue weighted by atomic mass is 15.1. The number of fused-ring (bicyclic) bond motifs is 6. The highest BCUT2D eigenvalue weighted by Gasteiger charge is 2.36. The average Bonchev–Trinajstić information content (AvgIpc) is 3.57. The maximum absolute atomic E-state index is 9.74. The summed E-state index contributed by atoms with van der Waals surface area (Å²) < 4.78 is 4.82. The topological polar surface area (TPSA) is 70.3 Å². The van der Waals surface area contributed by atoms with E-state index < -0.39 is 5.54 Å². The quantitative estimate of drug-likeness (QED) is 0.220. The molecule has 6 aromatic rings. The lowest BCUT2D eigenvalue weighted by Crippen LogP contribution is -2.33. The van der Waals surface area contributed by atoms with Crippen LogP contribution in [0.3, 0.4) is 0 Å². The van der Waals surface area contributed by atoms with Crippen LogP contribution in [-0.2, 0) is 12.0 Å². The molecule has 43 heavy (non-hydrogen) atoms. The molecular weight excluding hydrogens is 526 g/mol. The van der Waals surface area contributed by atoms with Crippen molar-refractivity contribution in [3.05, 3.63) is 131 Å². The van der Waals surface area contributed by atoms with Crippen LogP contribution in [0, 0.1) is 22.7 Å². The summed E-state index contributed by atoms with van der Waals surface area (Å²) in [5.74, 6) is 0. The molecule has 3 aromatic carbocycles. The van der Waals surface area contributed by atoms with Gasteiger partial charge in [-0.25, -0.2) is 4.98 Å². The number of nitriles is 2. The minimum Gasteiger partial charge on any atom is -0.334 e. The molecule has 5 heteroatoms. The van der Waals surface area contributed by atoms with Gasteiger partial charge in [0.15, 0.2) is 0 Å². The van der Waals surface area contributed by atoms with Crippen LogP contribution < -0.4 is 0 Å². The van der Waals surface area contributed by atoms with Gasteiger partial charge < -0.3 is 4.57 Å². The minimum absolute atomic E-state index is 0.445. The number of rotatable bonds is 3. The van der Waals surface area contributed by atoms with Gasteiger partial charge in [-0.05, 0) is 79.5 Å². The molecule has 0 amide bonds. The van der Waals surface area contributed by atoms with Crippen molar-refractivity contribution in [3.8, 4) is 12.1 Å². The lowest BCUT2D eigenvalue weighted by atomic mass is 9.84. The van der Waals surface area contributed by atoms with Crippen molar-refractivity contribution in [3.63, 3.8) is 0 Å². The van der Waals surface area contributed by atoms with Crippen molar-refractivity contribution in [2.24, 2.45) is 0 Å². The average molecular weight is 554 g/mol. The van der Waals surface area contributed by atoms with Gasteiger partial charge in [-0.1, -0.05) is 54.6 Å². The van der Waals surface area contributed by atoms with E-state index in [9.17, 15) is 10.5 Å². The first kappa shape index (κ1) is 25.1. The summed E-state index contributed by atoms with van der Waals surface area (Å²) in [6.07, 6.45) is 10.9. The van der Waals surface area contributed by atoms with Crippen LogP contribution in [0.2, 0.25) is 0 Å². The molecule has 0 saturated carbocycles. The van der Waals surface area contributed by atoms with Crippen molar-refractivity contribution < 1.29 is 0 Å². The summed E-state index contributed by atoms with van der Waals surface area (Å²) in [7, 11) is 0. The maximum atomic E-state index is 9.74. The number of para-hydroxylation sites is 2. The Morgan fingerprint density at radius 1 is 0.791 bits per heavy atom. The van der Waals surface area contributed by atoms with E-state index in [2.05, 4.69) is 107 Å². The van der Waals surface area contributed by atoms with Crippen LogP contribution in [0.15, 0.2) is 109 Å². The summed E-state index contributed by atoms with van der Waals surface area (Å²) in [6.45, 7) is 2.31. The van der Waals surface area contributed by atoms with Gasteiger partial charge in [0.2, 0.25) is 0 Å². The van der Waals surface area contributed by atoms with Gasteiger partial charge in [0.25, 0.3) is 0 Å². The number of aromatic nitrogens is 3. The molecule has 0 aliphatic heterocycles. The molecule has 0 bridgehead atoms. The van der Waals surface area contributed by atoms with Crippen LogP contribution in [0.25, 0.3) is 50.2 Å². The SMILES string of the molecule is CC1(n2c3c(c4ccccc42)C=C(C#N)CC3)C=C(c2cccc(C#N)c2)C=C(n2c3ccccc3c3cccnc32)C1. The second-order valence-corrected chi connectivity index (χ2v) is 11.7. The van der Waals surface area contributed by atoms with Crippen LogP contribution in [0.1, 0.15) is 42.1 Å². The molecule has 0 saturated heterocycles. The molecule has 8 rings (SSSR count). The molecule has 0 fully saturated rings. The third kappa shape index (κ3) is 3.79. The number of hydrogen-bond acceptors (Lipinski definition) is 3. The predicted octanol–water partition coefficient (Wildman–Crippen LogP) is 8.61. The molecule has 5 nitrogen and oxygen atoms in total. The lowest BCUT2D eigenvalue weighted by molar-refractivity contribution is 0.414. The maximum Gasteiger partial charge on any atom is 0.145 e. The zero-order chi connectivity index (χ0) is 29.1. The van der Waals surface area contributed by atoms with E-state index in [0.717, 1.165) is 69.3 Å². The van der Waals surface area contributed by atoms with Gasteiger partial charge in [-0.2, -0.15) is 10.5 Å². The molecule has 0 N–H and O–H groups in total. The van der Waals surface area contributed by atoms with Crippen LogP contribution in [0.4, 0.5) is 0 Å². The van der Waals surface area contributed by atoms with Crippen molar-refractivity contribution in [1.29, 1.82) is 10.5 Å². The fourth-order valence-corrected chi connectivity index (χ4v) is 7.23. The Morgan fingerprint density at radius 3 is 2.42 bits per heavy atom. The van der Waals surface area contributed by atoms with Crippen molar-refractivity contribution >= 4 is 50.2 Å². The molecule has 3 aromatic heterocycles. The van der Waals surface area contributed by atoms with E-state index in [4.69, 9.17) is 4.98 Å². The number of hydrogen-bond donors (Lipinski definition) is 0. The second kappa shape index (κ2) is 9.44. The normalized spacial score (nSPS) is 18.1. The van der Waals surface area contributed by atoms with Crippen LogP contribution in [-0.4, -0.2) is 14.1 Å². The Bertz CT molecular complexity index is 2260. The Hall–Kier alpha value is -5.65. The first-order chi connectivity index (χ1) is 21.1. The molecular formula is C38H27N5. The third-order valence-electron chi connectivity index (χ3n) is 8.99. The van der Waals surface area contributed by atoms with Crippen molar-refractivity contribution in [1.82, 2.24) is 14.1 Å². The van der Waals surface area contributed by atoms with Gasteiger partial charge in [0, 0.05) is 56.8 Å². The summed E-state index contributed by atoms with van der Waals surface area (Å²) in [4.78, 5) is 4.88. The van der Waals surface area contributed by atoms with Gasteiger partial charge in [-0.15, -0.1) is 0 Å². The number of allylic oxidation sites excluding steroid dienone is 5.